The van der Waals surface area contributed by atoms with Crippen molar-refractivity contribution in [3.8, 4) is 28.2 Å². The van der Waals surface area contributed by atoms with Gasteiger partial charge in [-0.05, 0) is 59.1 Å². The Hall–Kier alpha value is -3.23. The standard InChI is InChI=1S/C22H17N3OS.C2H6/c1-26-20-10-6-16(7-11-20)4-2-3-5-21-24-22(27-25-21)18-8-9-19-15-23-13-12-17(19)14-18;1-2/h6-15H,2,4H2,1H3;1-2H3. The molecule has 0 aliphatic carbocycles. The van der Waals surface area contributed by atoms with E-state index in [4.69, 9.17) is 4.74 Å². The average Bonchev–Trinajstić information content (AvgIpc) is 3.27. The third kappa shape index (κ3) is 5.40. The SMILES string of the molecule is CC.COc1ccc(CCC#Cc2nsc(-c3ccc4cnccc4c3)n2)cc1. The van der Waals surface area contributed by atoms with Gasteiger partial charge in [-0.15, -0.1) is 0 Å². The van der Waals surface area contributed by atoms with Crippen LogP contribution in [0.15, 0.2) is 60.9 Å². The predicted octanol–water partition coefficient (Wildman–Crippen LogP) is 5.77. The van der Waals surface area contributed by atoms with Crippen LogP contribution >= 0.6 is 11.5 Å². The lowest BCUT2D eigenvalue weighted by molar-refractivity contribution is 0.414. The van der Waals surface area contributed by atoms with E-state index in [9.17, 15) is 0 Å². The Labute approximate surface area is 175 Å². The molecular weight excluding hydrogens is 378 g/mol. The third-order valence-corrected chi connectivity index (χ3v) is 4.98. The van der Waals surface area contributed by atoms with E-state index in [1.165, 1.54) is 17.1 Å². The second-order valence-corrected chi connectivity index (χ2v) is 6.76. The van der Waals surface area contributed by atoms with Crippen molar-refractivity contribution in [3.63, 3.8) is 0 Å². The van der Waals surface area contributed by atoms with Crippen LogP contribution in [-0.4, -0.2) is 21.5 Å². The number of fused-ring (bicyclic) bond motifs is 1. The van der Waals surface area contributed by atoms with Crippen LogP contribution in [-0.2, 0) is 6.42 Å². The number of nitrogens with zero attached hydrogens (tertiary/aromatic N) is 3. The molecule has 2 aromatic heterocycles. The molecule has 5 heteroatoms. The van der Waals surface area contributed by atoms with Gasteiger partial charge in [0.25, 0.3) is 0 Å². The Morgan fingerprint density at radius 3 is 2.62 bits per heavy atom. The Morgan fingerprint density at radius 2 is 1.83 bits per heavy atom. The first kappa shape index (κ1) is 20.5. The molecule has 0 saturated heterocycles. The van der Waals surface area contributed by atoms with Gasteiger partial charge in [-0.25, -0.2) is 4.98 Å². The quantitative estimate of drug-likeness (QED) is 0.407. The maximum absolute atomic E-state index is 5.17. The fraction of sp³-hybridized carbons (Fsp3) is 0.208. The number of hydrogen-bond donors (Lipinski definition) is 0. The number of ether oxygens (including phenoxy) is 1. The second-order valence-electron chi connectivity index (χ2n) is 6.01. The maximum Gasteiger partial charge on any atom is 0.217 e. The molecule has 2 aromatic carbocycles. The molecule has 4 rings (SSSR count). The van der Waals surface area contributed by atoms with Crippen molar-refractivity contribution in [2.75, 3.05) is 7.11 Å². The van der Waals surface area contributed by atoms with Gasteiger partial charge in [0, 0.05) is 29.8 Å². The molecule has 0 aliphatic rings. The minimum Gasteiger partial charge on any atom is -0.497 e. The molecule has 0 aliphatic heterocycles. The van der Waals surface area contributed by atoms with Crippen molar-refractivity contribution < 1.29 is 4.74 Å². The Morgan fingerprint density at radius 1 is 1.00 bits per heavy atom. The van der Waals surface area contributed by atoms with Crippen molar-refractivity contribution in [2.24, 2.45) is 0 Å². The first-order valence-electron chi connectivity index (χ1n) is 9.61. The summed E-state index contributed by atoms with van der Waals surface area (Å²) in [5.41, 5.74) is 2.29. The number of rotatable bonds is 4. The Balaban J connectivity index is 0.00000117. The first-order valence-corrected chi connectivity index (χ1v) is 10.4. The molecular formula is C24H23N3OS. The molecule has 4 aromatic rings. The highest BCUT2D eigenvalue weighted by atomic mass is 32.1. The fourth-order valence-corrected chi connectivity index (χ4v) is 3.37. The zero-order valence-corrected chi connectivity index (χ0v) is 17.7. The highest BCUT2D eigenvalue weighted by Gasteiger charge is 2.06. The maximum atomic E-state index is 5.17. The van der Waals surface area contributed by atoms with Crippen LogP contribution in [0.4, 0.5) is 0 Å². The highest BCUT2D eigenvalue weighted by molar-refractivity contribution is 7.09. The summed E-state index contributed by atoms with van der Waals surface area (Å²) in [6.07, 6.45) is 5.32. The monoisotopic (exact) mass is 401 g/mol. The fourth-order valence-electron chi connectivity index (χ4n) is 2.75. The van der Waals surface area contributed by atoms with Crippen LogP contribution in [0.1, 0.15) is 31.7 Å². The molecule has 0 bridgehead atoms. The third-order valence-electron chi connectivity index (χ3n) is 4.21. The molecule has 0 N–H and O–H groups in total. The molecule has 2 heterocycles. The summed E-state index contributed by atoms with van der Waals surface area (Å²) in [5, 5.41) is 3.14. The Kier molecular flexibility index (Phi) is 7.32. The van der Waals surface area contributed by atoms with Crippen LogP contribution < -0.4 is 4.74 Å². The molecule has 0 atom stereocenters. The van der Waals surface area contributed by atoms with E-state index in [2.05, 4.69) is 50.4 Å². The predicted molar refractivity (Wildman–Crippen MR) is 120 cm³/mol. The average molecular weight is 402 g/mol. The molecule has 0 saturated carbocycles. The van der Waals surface area contributed by atoms with E-state index in [1.54, 1.807) is 13.3 Å². The van der Waals surface area contributed by atoms with Gasteiger partial charge in [0.1, 0.15) is 10.8 Å². The number of methoxy groups -OCH3 is 1. The topological polar surface area (TPSA) is 47.9 Å². The summed E-state index contributed by atoms with van der Waals surface area (Å²) < 4.78 is 9.54. The smallest absolute Gasteiger partial charge is 0.217 e. The molecule has 0 radical (unpaired) electrons. The molecule has 0 spiro atoms. The Bertz CT molecular complexity index is 1120. The van der Waals surface area contributed by atoms with Crippen LogP contribution in [0.25, 0.3) is 21.3 Å². The number of hydrogen-bond acceptors (Lipinski definition) is 5. The first-order chi connectivity index (χ1) is 14.3. The molecule has 0 amide bonds. The van der Waals surface area contributed by atoms with E-state index < -0.39 is 0 Å². The van der Waals surface area contributed by atoms with Crippen molar-refractivity contribution in [1.29, 1.82) is 0 Å². The molecule has 0 unspecified atom stereocenters. The van der Waals surface area contributed by atoms with E-state index in [-0.39, 0.29) is 0 Å². The summed E-state index contributed by atoms with van der Waals surface area (Å²) in [4.78, 5) is 8.70. The van der Waals surface area contributed by atoms with Gasteiger partial charge in [0.15, 0.2) is 0 Å². The minimum absolute atomic E-state index is 0.583. The summed E-state index contributed by atoms with van der Waals surface area (Å²) >= 11 is 1.38. The molecule has 29 heavy (non-hydrogen) atoms. The van der Waals surface area contributed by atoms with E-state index in [1.807, 2.05) is 44.3 Å². The molecule has 146 valence electrons. The second kappa shape index (κ2) is 10.4. The number of pyridine rings is 1. The van der Waals surface area contributed by atoms with Gasteiger partial charge in [-0.1, -0.05) is 44.0 Å². The van der Waals surface area contributed by atoms with Gasteiger partial charge >= 0.3 is 0 Å². The molecule has 4 nitrogen and oxygen atoms in total. The zero-order chi connectivity index (χ0) is 20.5. The van der Waals surface area contributed by atoms with Gasteiger partial charge < -0.3 is 4.74 Å². The van der Waals surface area contributed by atoms with Crippen LogP contribution in [0, 0.1) is 11.8 Å². The zero-order valence-electron chi connectivity index (χ0n) is 16.8. The highest BCUT2D eigenvalue weighted by Crippen LogP contribution is 2.25. The largest absolute Gasteiger partial charge is 0.497 e. The lowest BCUT2D eigenvalue weighted by atomic mass is 10.1. The lowest BCUT2D eigenvalue weighted by Gasteiger charge is -2.00. The summed E-state index contributed by atoms with van der Waals surface area (Å²) in [6, 6.07) is 16.3. The molecule has 0 fully saturated rings. The number of benzene rings is 2. The van der Waals surface area contributed by atoms with Crippen molar-refractivity contribution >= 4 is 22.3 Å². The van der Waals surface area contributed by atoms with Crippen LogP contribution in [0.5, 0.6) is 5.75 Å². The van der Waals surface area contributed by atoms with Crippen molar-refractivity contribution in [1.82, 2.24) is 14.3 Å². The summed E-state index contributed by atoms with van der Waals surface area (Å²) in [7, 11) is 1.67. The lowest BCUT2D eigenvalue weighted by Crippen LogP contribution is -1.86. The number of aromatic nitrogens is 3. The summed E-state index contributed by atoms with van der Waals surface area (Å²) in [6.45, 7) is 4.00. The van der Waals surface area contributed by atoms with E-state index in [0.29, 0.717) is 5.82 Å². The van der Waals surface area contributed by atoms with Crippen LogP contribution in [0.3, 0.4) is 0 Å². The van der Waals surface area contributed by atoms with Gasteiger partial charge in [-0.2, -0.15) is 4.37 Å². The van der Waals surface area contributed by atoms with Crippen molar-refractivity contribution in [2.45, 2.75) is 26.7 Å². The normalized spacial score (nSPS) is 9.90. The van der Waals surface area contributed by atoms with Crippen molar-refractivity contribution in [3.05, 3.63) is 72.3 Å². The van der Waals surface area contributed by atoms with E-state index in [0.717, 1.165) is 39.9 Å². The van der Waals surface area contributed by atoms with Crippen LogP contribution in [0.2, 0.25) is 0 Å². The van der Waals surface area contributed by atoms with Gasteiger partial charge in [0.05, 0.1) is 7.11 Å². The van der Waals surface area contributed by atoms with E-state index >= 15 is 0 Å². The van der Waals surface area contributed by atoms with Gasteiger partial charge in [-0.3, -0.25) is 4.98 Å². The summed E-state index contributed by atoms with van der Waals surface area (Å²) in [5.74, 6) is 7.69. The minimum atomic E-state index is 0.583. The van der Waals surface area contributed by atoms with Gasteiger partial charge in [0.2, 0.25) is 5.82 Å². The number of aryl methyl sites for hydroxylation is 1.